The molecule has 0 saturated heterocycles. The summed E-state index contributed by atoms with van der Waals surface area (Å²) in [4.78, 5) is 0.0841. The molecule has 0 radical (unpaired) electrons. The van der Waals surface area contributed by atoms with E-state index < -0.39 is 10.0 Å². The van der Waals surface area contributed by atoms with Crippen LogP contribution >= 0.6 is 0 Å². The van der Waals surface area contributed by atoms with Gasteiger partial charge in [0.1, 0.15) is 4.90 Å². The normalized spacial score (nSPS) is 11.5. The molecule has 108 valence electrons. The van der Waals surface area contributed by atoms with Gasteiger partial charge in [-0.15, -0.1) is 0 Å². The van der Waals surface area contributed by atoms with Crippen molar-refractivity contribution in [3.8, 4) is 0 Å². The smallest absolute Gasteiger partial charge is 0.242 e. The molecule has 1 aromatic carbocycles. The molecule has 0 amide bonds. The number of aliphatic hydroxyl groups is 1. The van der Waals surface area contributed by atoms with Crippen LogP contribution in [0, 0.1) is 0 Å². The maximum absolute atomic E-state index is 11.6. The summed E-state index contributed by atoms with van der Waals surface area (Å²) in [5, 5.41) is 11.8. The second-order valence-electron chi connectivity index (χ2n) is 4.17. The molecule has 0 aliphatic carbocycles. The first-order chi connectivity index (χ1) is 9.01. The maximum atomic E-state index is 11.6. The fourth-order valence-corrected chi connectivity index (χ4v) is 2.50. The Balaban J connectivity index is 2.62. The van der Waals surface area contributed by atoms with Crippen LogP contribution in [0.5, 0.6) is 0 Å². The highest BCUT2D eigenvalue weighted by atomic mass is 32.2. The number of nitrogen functional groups attached to an aromatic ring is 1. The van der Waals surface area contributed by atoms with Crippen molar-refractivity contribution < 1.29 is 13.5 Å². The molecule has 1 aromatic rings. The van der Waals surface area contributed by atoms with Gasteiger partial charge in [0.2, 0.25) is 10.0 Å². The number of hydrogen-bond donors (Lipinski definition) is 4. The molecule has 5 N–H and O–H groups in total. The first-order valence-electron chi connectivity index (χ1n) is 6.19. The molecule has 1 rings (SSSR count). The molecular weight excluding hydrogens is 266 g/mol. The van der Waals surface area contributed by atoms with Crippen LogP contribution < -0.4 is 15.8 Å². The van der Waals surface area contributed by atoms with Gasteiger partial charge in [0.15, 0.2) is 0 Å². The van der Waals surface area contributed by atoms with Crippen LogP contribution in [0.25, 0.3) is 0 Å². The topological polar surface area (TPSA) is 104 Å². The van der Waals surface area contributed by atoms with E-state index in [0.717, 1.165) is 31.5 Å². The first kappa shape index (κ1) is 15.7. The number of rotatable bonds is 8. The van der Waals surface area contributed by atoms with E-state index in [2.05, 4.69) is 10.0 Å². The van der Waals surface area contributed by atoms with Crippen molar-refractivity contribution in [2.45, 2.75) is 24.2 Å². The standard InChI is InChI=1S/C12H21N3O3S/c1-14-19(17,18)12-6-5-10(9-11(12)13)15-7-3-2-4-8-16/h5-6,9,14-16H,2-4,7-8,13H2,1H3. The SMILES string of the molecule is CNS(=O)(=O)c1ccc(NCCCCCO)cc1N. The van der Waals surface area contributed by atoms with Crippen LogP contribution in [0.15, 0.2) is 23.1 Å². The summed E-state index contributed by atoms with van der Waals surface area (Å²) in [6, 6.07) is 4.78. The van der Waals surface area contributed by atoms with Crippen LogP contribution in [0.2, 0.25) is 0 Å². The van der Waals surface area contributed by atoms with E-state index in [4.69, 9.17) is 10.8 Å². The Morgan fingerprint density at radius 3 is 2.58 bits per heavy atom. The maximum Gasteiger partial charge on any atom is 0.242 e. The van der Waals surface area contributed by atoms with Gasteiger partial charge in [-0.1, -0.05) is 0 Å². The van der Waals surface area contributed by atoms with Crippen molar-refractivity contribution in [1.29, 1.82) is 0 Å². The first-order valence-corrected chi connectivity index (χ1v) is 7.67. The fraction of sp³-hybridized carbons (Fsp3) is 0.500. The summed E-state index contributed by atoms with van der Waals surface area (Å²) in [5.41, 5.74) is 6.75. The van der Waals surface area contributed by atoms with E-state index >= 15 is 0 Å². The largest absolute Gasteiger partial charge is 0.398 e. The Hall–Kier alpha value is -1.31. The Labute approximate surface area is 114 Å². The number of anilines is 2. The van der Waals surface area contributed by atoms with Gasteiger partial charge < -0.3 is 16.2 Å². The third kappa shape index (κ3) is 4.70. The Morgan fingerprint density at radius 2 is 2.00 bits per heavy atom. The zero-order chi connectivity index (χ0) is 14.3. The number of nitrogens with two attached hydrogens (primary N) is 1. The minimum absolute atomic E-state index is 0.0841. The summed E-state index contributed by atoms with van der Waals surface area (Å²) in [7, 11) is -2.16. The molecule has 0 aliphatic rings. The molecule has 6 nitrogen and oxygen atoms in total. The molecule has 0 unspecified atom stereocenters. The van der Waals surface area contributed by atoms with Crippen LogP contribution in [-0.2, 0) is 10.0 Å². The summed E-state index contributed by atoms with van der Waals surface area (Å²) in [5.74, 6) is 0. The third-order valence-electron chi connectivity index (χ3n) is 2.73. The van der Waals surface area contributed by atoms with Gasteiger partial charge in [-0.25, -0.2) is 13.1 Å². The second-order valence-corrected chi connectivity index (χ2v) is 6.03. The predicted molar refractivity (Wildman–Crippen MR) is 76.5 cm³/mol. The lowest BCUT2D eigenvalue weighted by Gasteiger charge is -2.10. The van der Waals surface area contributed by atoms with Crippen molar-refractivity contribution in [1.82, 2.24) is 4.72 Å². The lowest BCUT2D eigenvalue weighted by atomic mass is 10.2. The molecule has 0 aromatic heterocycles. The minimum Gasteiger partial charge on any atom is -0.398 e. The van der Waals surface area contributed by atoms with Crippen LogP contribution in [0.3, 0.4) is 0 Å². The van der Waals surface area contributed by atoms with Gasteiger partial charge in [0.05, 0.1) is 5.69 Å². The van der Waals surface area contributed by atoms with Crippen molar-refractivity contribution in [3.05, 3.63) is 18.2 Å². The number of benzene rings is 1. The number of hydrogen-bond acceptors (Lipinski definition) is 5. The number of sulfonamides is 1. The van der Waals surface area contributed by atoms with Crippen molar-refractivity contribution >= 4 is 21.4 Å². The van der Waals surface area contributed by atoms with Crippen molar-refractivity contribution in [2.75, 3.05) is 31.2 Å². The summed E-state index contributed by atoms with van der Waals surface area (Å²) in [6.45, 7) is 0.973. The molecule has 0 spiro atoms. The average Bonchev–Trinajstić information content (AvgIpc) is 2.38. The number of unbranched alkanes of at least 4 members (excludes halogenated alkanes) is 2. The van der Waals surface area contributed by atoms with Crippen molar-refractivity contribution in [3.63, 3.8) is 0 Å². The third-order valence-corrected chi connectivity index (χ3v) is 4.22. The molecule has 0 heterocycles. The minimum atomic E-state index is -3.51. The number of nitrogens with one attached hydrogen (secondary N) is 2. The van der Waals surface area contributed by atoms with Gasteiger partial charge in [0, 0.05) is 18.8 Å². The zero-order valence-electron chi connectivity index (χ0n) is 11.0. The van der Waals surface area contributed by atoms with Crippen LogP contribution in [0.4, 0.5) is 11.4 Å². The summed E-state index contributed by atoms with van der Waals surface area (Å²) >= 11 is 0. The van der Waals surface area contributed by atoms with Crippen molar-refractivity contribution in [2.24, 2.45) is 0 Å². The van der Waals surface area contributed by atoms with E-state index in [1.165, 1.54) is 13.1 Å². The molecule has 0 fully saturated rings. The molecule has 0 saturated carbocycles. The summed E-state index contributed by atoms with van der Waals surface area (Å²) in [6.07, 6.45) is 2.69. The van der Waals surface area contributed by atoms with Gasteiger partial charge in [-0.2, -0.15) is 0 Å². The molecular formula is C12H21N3O3S. The average molecular weight is 287 g/mol. The van der Waals surface area contributed by atoms with Gasteiger partial charge in [-0.3, -0.25) is 0 Å². The zero-order valence-corrected chi connectivity index (χ0v) is 11.8. The quantitative estimate of drug-likeness (QED) is 0.417. The Morgan fingerprint density at radius 1 is 1.26 bits per heavy atom. The molecule has 0 aliphatic heterocycles. The highest BCUT2D eigenvalue weighted by Crippen LogP contribution is 2.22. The Bertz CT molecular complexity index is 503. The molecule has 7 heteroatoms. The lowest BCUT2D eigenvalue weighted by molar-refractivity contribution is 0.283. The monoisotopic (exact) mass is 287 g/mol. The van der Waals surface area contributed by atoms with E-state index in [-0.39, 0.29) is 17.2 Å². The van der Waals surface area contributed by atoms with E-state index in [1.54, 1.807) is 12.1 Å². The molecule has 19 heavy (non-hydrogen) atoms. The van der Waals surface area contributed by atoms with E-state index in [0.29, 0.717) is 0 Å². The van der Waals surface area contributed by atoms with Crippen LogP contribution in [0.1, 0.15) is 19.3 Å². The Kier molecular flexibility index (Phi) is 6.07. The van der Waals surface area contributed by atoms with Crippen LogP contribution in [-0.4, -0.2) is 33.7 Å². The fourth-order valence-electron chi connectivity index (χ4n) is 1.66. The number of aliphatic hydroxyl groups excluding tert-OH is 1. The predicted octanol–water partition coefficient (Wildman–Crippen LogP) is 0.751. The summed E-state index contributed by atoms with van der Waals surface area (Å²) < 4.78 is 25.5. The molecule has 0 atom stereocenters. The second kappa shape index (κ2) is 7.32. The van der Waals surface area contributed by atoms with Gasteiger partial charge in [0.25, 0.3) is 0 Å². The highest BCUT2D eigenvalue weighted by Gasteiger charge is 2.14. The molecule has 0 bridgehead atoms. The van der Waals surface area contributed by atoms with E-state index in [9.17, 15) is 8.42 Å². The van der Waals surface area contributed by atoms with E-state index in [1.807, 2.05) is 0 Å². The lowest BCUT2D eigenvalue weighted by Crippen LogP contribution is -2.20. The van der Waals surface area contributed by atoms with Gasteiger partial charge >= 0.3 is 0 Å². The van der Waals surface area contributed by atoms with Gasteiger partial charge in [-0.05, 0) is 44.5 Å². The highest BCUT2D eigenvalue weighted by molar-refractivity contribution is 7.89.